The summed E-state index contributed by atoms with van der Waals surface area (Å²) in [6, 6.07) is 4.26. The number of hydrogen-bond acceptors (Lipinski definition) is 4. The highest BCUT2D eigenvalue weighted by atomic mass is 35.5. The minimum absolute atomic E-state index is 0.0742. The number of carboxylic acid groups (broad SMARTS) is 1. The first-order chi connectivity index (χ1) is 14.8. The zero-order chi connectivity index (χ0) is 22.2. The number of carbonyl (C=O) groups excluding carboxylic acids is 1. The van der Waals surface area contributed by atoms with Crippen LogP contribution < -0.4 is 0 Å². The molecule has 31 heavy (non-hydrogen) atoms. The van der Waals surface area contributed by atoms with Gasteiger partial charge in [-0.05, 0) is 68.5 Å². The van der Waals surface area contributed by atoms with Crippen LogP contribution in [0.2, 0.25) is 5.02 Å². The van der Waals surface area contributed by atoms with Crippen molar-refractivity contribution in [2.45, 2.75) is 45.7 Å². The van der Waals surface area contributed by atoms with E-state index in [0.717, 1.165) is 31.4 Å². The summed E-state index contributed by atoms with van der Waals surface area (Å²) in [6.07, 6.45) is 2.78. The molecule has 2 fully saturated rings. The van der Waals surface area contributed by atoms with Gasteiger partial charge in [-0.2, -0.15) is 0 Å². The largest absolute Gasteiger partial charge is 0.481 e. The summed E-state index contributed by atoms with van der Waals surface area (Å²) in [4.78, 5) is 30.9. The summed E-state index contributed by atoms with van der Waals surface area (Å²) in [5.41, 5.74) is 2.72. The van der Waals surface area contributed by atoms with Crippen molar-refractivity contribution < 1.29 is 19.4 Å². The lowest BCUT2D eigenvalue weighted by Gasteiger charge is -2.38. The molecule has 0 bridgehead atoms. The summed E-state index contributed by atoms with van der Waals surface area (Å²) < 4.78 is 5.39. The molecule has 8 heteroatoms. The number of morpholine rings is 1. The number of amides is 2. The van der Waals surface area contributed by atoms with E-state index < -0.39 is 11.4 Å². The molecular formula is C23H32ClN3O4. The number of aliphatic carboxylic acids is 1. The molecular weight excluding hydrogens is 418 g/mol. The summed E-state index contributed by atoms with van der Waals surface area (Å²) >= 11 is 6.50. The van der Waals surface area contributed by atoms with E-state index in [2.05, 4.69) is 4.90 Å². The first kappa shape index (κ1) is 22.4. The zero-order valence-corrected chi connectivity index (χ0v) is 19.2. The maximum Gasteiger partial charge on any atom is 0.320 e. The predicted octanol–water partition coefficient (Wildman–Crippen LogP) is 3.40. The minimum Gasteiger partial charge on any atom is -0.481 e. The smallest absolute Gasteiger partial charge is 0.320 e. The molecule has 2 amide bonds. The minimum atomic E-state index is -0.820. The standard InChI is InChI=1S/C23H32ClN3O4/c1-23(2,21(28)29)15-27-6-3-4-20(27)18-13-17(24)12-16-5-7-26(14-19(16)18)22(30)25-8-10-31-11-9-25/h12-13,20H,3-11,14-15H2,1-2H3,(H,28,29)/t20-/m0/s1. The first-order valence-corrected chi connectivity index (χ1v) is 11.5. The highest BCUT2D eigenvalue weighted by Crippen LogP contribution is 2.40. The molecule has 1 atom stereocenters. The molecule has 1 aromatic rings. The molecule has 3 aliphatic rings. The Bertz CT molecular complexity index is 853. The number of rotatable bonds is 4. The van der Waals surface area contributed by atoms with Crippen molar-refractivity contribution in [3.8, 4) is 0 Å². The van der Waals surface area contributed by atoms with Gasteiger partial charge in [0, 0.05) is 43.8 Å². The molecule has 3 aliphatic heterocycles. The molecule has 0 radical (unpaired) electrons. The van der Waals surface area contributed by atoms with Crippen LogP contribution >= 0.6 is 11.6 Å². The van der Waals surface area contributed by atoms with Crippen molar-refractivity contribution >= 4 is 23.6 Å². The quantitative estimate of drug-likeness (QED) is 0.762. The fourth-order valence-electron chi connectivity index (χ4n) is 5.02. The molecule has 7 nitrogen and oxygen atoms in total. The number of benzene rings is 1. The van der Waals surface area contributed by atoms with Crippen LogP contribution in [0.25, 0.3) is 0 Å². The van der Waals surface area contributed by atoms with Gasteiger partial charge in [0.15, 0.2) is 0 Å². The highest BCUT2D eigenvalue weighted by Gasteiger charge is 2.37. The number of hydrogen-bond donors (Lipinski definition) is 1. The average Bonchev–Trinajstić information content (AvgIpc) is 3.20. The highest BCUT2D eigenvalue weighted by molar-refractivity contribution is 6.30. The van der Waals surface area contributed by atoms with E-state index in [0.29, 0.717) is 51.0 Å². The van der Waals surface area contributed by atoms with Crippen LogP contribution in [0.1, 0.15) is 49.4 Å². The maximum atomic E-state index is 13.1. The van der Waals surface area contributed by atoms with Crippen molar-refractivity contribution in [2.75, 3.05) is 45.9 Å². The molecule has 0 aliphatic carbocycles. The third-order valence-corrected chi connectivity index (χ3v) is 7.01. The Labute approximate surface area is 188 Å². The van der Waals surface area contributed by atoms with Crippen LogP contribution in [0.4, 0.5) is 4.79 Å². The van der Waals surface area contributed by atoms with Crippen molar-refractivity contribution in [2.24, 2.45) is 5.41 Å². The Hall–Kier alpha value is -1.83. The Morgan fingerprint density at radius 2 is 1.90 bits per heavy atom. The van der Waals surface area contributed by atoms with Gasteiger partial charge in [-0.15, -0.1) is 0 Å². The number of halogens is 1. The number of urea groups is 1. The second-order valence-electron chi connectivity index (χ2n) is 9.50. The van der Waals surface area contributed by atoms with E-state index in [4.69, 9.17) is 16.3 Å². The lowest BCUT2D eigenvalue weighted by atomic mass is 9.88. The van der Waals surface area contributed by atoms with E-state index in [9.17, 15) is 14.7 Å². The fourth-order valence-corrected chi connectivity index (χ4v) is 5.26. The average molecular weight is 450 g/mol. The van der Waals surface area contributed by atoms with Gasteiger partial charge in [0.2, 0.25) is 0 Å². The lowest BCUT2D eigenvalue weighted by molar-refractivity contribution is -0.148. The summed E-state index contributed by atoms with van der Waals surface area (Å²) in [7, 11) is 0. The van der Waals surface area contributed by atoms with E-state index in [1.54, 1.807) is 13.8 Å². The van der Waals surface area contributed by atoms with E-state index >= 15 is 0 Å². The lowest BCUT2D eigenvalue weighted by Crippen LogP contribution is -2.49. The SMILES string of the molecule is CC(C)(CN1CCC[C@H]1c1cc(Cl)cc2c1CN(C(=O)N1CCOCC1)CC2)C(=O)O. The molecule has 0 aromatic heterocycles. The van der Waals surface area contributed by atoms with Gasteiger partial charge >= 0.3 is 12.0 Å². The van der Waals surface area contributed by atoms with Crippen LogP contribution in [0.5, 0.6) is 0 Å². The second-order valence-corrected chi connectivity index (χ2v) is 9.94. The van der Waals surface area contributed by atoms with Crippen LogP contribution in [0.3, 0.4) is 0 Å². The van der Waals surface area contributed by atoms with Gasteiger partial charge in [-0.25, -0.2) is 4.79 Å². The summed E-state index contributed by atoms with van der Waals surface area (Å²) in [6.45, 7) is 8.63. The third kappa shape index (κ3) is 4.69. The van der Waals surface area contributed by atoms with Crippen molar-refractivity contribution in [1.82, 2.24) is 14.7 Å². The number of fused-ring (bicyclic) bond motifs is 1. The zero-order valence-electron chi connectivity index (χ0n) is 18.4. The molecule has 1 N–H and O–H groups in total. The van der Waals surface area contributed by atoms with Gasteiger partial charge in [0.1, 0.15) is 0 Å². The molecule has 0 saturated carbocycles. The first-order valence-electron chi connectivity index (χ1n) is 11.2. The van der Waals surface area contributed by atoms with Gasteiger partial charge in [0.05, 0.1) is 18.6 Å². The number of carboxylic acids is 1. The van der Waals surface area contributed by atoms with E-state index in [1.807, 2.05) is 21.9 Å². The van der Waals surface area contributed by atoms with Gasteiger partial charge in [-0.1, -0.05) is 11.6 Å². The Kier molecular flexibility index (Phi) is 6.47. The number of carbonyl (C=O) groups is 2. The molecule has 0 unspecified atom stereocenters. The Morgan fingerprint density at radius 3 is 2.61 bits per heavy atom. The van der Waals surface area contributed by atoms with E-state index in [-0.39, 0.29) is 12.1 Å². The van der Waals surface area contributed by atoms with Crippen molar-refractivity contribution in [3.63, 3.8) is 0 Å². The van der Waals surface area contributed by atoms with Gasteiger partial charge in [0.25, 0.3) is 0 Å². The molecule has 4 rings (SSSR count). The summed E-state index contributed by atoms with van der Waals surface area (Å²) in [5.74, 6) is -0.784. The predicted molar refractivity (Wildman–Crippen MR) is 118 cm³/mol. The van der Waals surface area contributed by atoms with Gasteiger partial charge in [-0.3, -0.25) is 9.69 Å². The van der Waals surface area contributed by atoms with Crippen LogP contribution in [0.15, 0.2) is 12.1 Å². The summed E-state index contributed by atoms with van der Waals surface area (Å²) in [5, 5.41) is 10.3. The molecule has 3 heterocycles. The normalized spacial score (nSPS) is 22.5. The van der Waals surface area contributed by atoms with Crippen LogP contribution in [-0.4, -0.2) is 77.7 Å². The Morgan fingerprint density at radius 1 is 1.16 bits per heavy atom. The van der Waals surface area contributed by atoms with E-state index in [1.165, 1.54) is 11.1 Å². The number of nitrogens with zero attached hydrogens (tertiary/aromatic N) is 3. The van der Waals surface area contributed by atoms with Crippen LogP contribution in [0, 0.1) is 5.41 Å². The monoisotopic (exact) mass is 449 g/mol. The molecule has 0 spiro atoms. The van der Waals surface area contributed by atoms with Crippen molar-refractivity contribution in [3.05, 3.63) is 33.8 Å². The number of ether oxygens (including phenoxy) is 1. The van der Waals surface area contributed by atoms with Crippen LogP contribution in [-0.2, 0) is 22.5 Å². The molecule has 170 valence electrons. The second kappa shape index (κ2) is 8.96. The maximum absolute atomic E-state index is 13.1. The number of likely N-dealkylation sites (tertiary alicyclic amines) is 1. The molecule has 1 aromatic carbocycles. The van der Waals surface area contributed by atoms with Crippen molar-refractivity contribution in [1.29, 1.82) is 0 Å². The Balaban J connectivity index is 1.59. The topological polar surface area (TPSA) is 73.3 Å². The fraction of sp³-hybridized carbons (Fsp3) is 0.652. The molecule has 2 saturated heterocycles. The van der Waals surface area contributed by atoms with Gasteiger partial charge < -0.3 is 19.6 Å². The third-order valence-electron chi connectivity index (χ3n) is 6.79.